The van der Waals surface area contributed by atoms with Gasteiger partial charge in [0.25, 0.3) is 0 Å². The molecule has 1 aromatic heterocycles. The van der Waals surface area contributed by atoms with E-state index in [1.807, 2.05) is 19.0 Å². The van der Waals surface area contributed by atoms with Crippen molar-refractivity contribution in [2.75, 3.05) is 38.2 Å². The summed E-state index contributed by atoms with van der Waals surface area (Å²) in [6.45, 7) is 1.32. The van der Waals surface area contributed by atoms with Crippen LogP contribution in [-0.4, -0.2) is 53.8 Å². The second-order valence-electron chi connectivity index (χ2n) is 5.62. The van der Waals surface area contributed by atoms with Crippen LogP contribution in [0.25, 0.3) is 0 Å². The van der Waals surface area contributed by atoms with E-state index in [1.54, 1.807) is 24.3 Å². The molecule has 3 N–H and O–H groups in total. The Kier molecular flexibility index (Phi) is 5.16. The molecule has 0 saturated heterocycles. The molecule has 0 aliphatic heterocycles. The molecule has 0 atom stereocenters. The molecule has 0 saturated carbocycles. The van der Waals surface area contributed by atoms with E-state index in [1.165, 1.54) is 0 Å². The number of nitrogens with one attached hydrogen (secondary N) is 1. The minimum atomic E-state index is -0.293. The Morgan fingerprint density at radius 3 is 2.21 bits per heavy atom. The Hall–Kier alpha value is -2.51. The van der Waals surface area contributed by atoms with E-state index in [9.17, 15) is 9.59 Å². The van der Waals surface area contributed by atoms with E-state index >= 15 is 0 Å². The molecule has 0 amide bonds. The molecule has 0 unspecified atom stereocenters. The number of benzene rings is 1. The molecule has 7 nitrogen and oxygen atoms in total. The number of ketones is 2. The molecule has 8 heteroatoms. The van der Waals surface area contributed by atoms with Crippen LogP contribution in [0, 0.1) is 0 Å². The van der Waals surface area contributed by atoms with Crippen molar-refractivity contribution < 1.29 is 9.59 Å². The minimum absolute atomic E-state index is 0. The van der Waals surface area contributed by atoms with Crippen LogP contribution in [0.1, 0.15) is 31.8 Å². The van der Waals surface area contributed by atoms with Gasteiger partial charge in [-0.1, -0.05) is 24.3 Å². The first-order valence-electron chi connectivity index (χ1n) is 7.24. The maximum Gasteiger partial charge on any atom is 0.198 e. The molecule has 0 bridgehead atoms. The number of hydrogen-bond acceptors (Lipinski definition) is 7. The van der Waals surface area contributed by atoms with Gasteiger partial charge in [-0.05, 0) is 14.1 Å². The van der Waals surface area contributed by atoms with Gasteiger partial charge in [0, 0.05) is 24.2 Å². The third-order valence-electron chi connectivity index (χ3n) is 3.72. The maximum absolute atomic E-state index is 12.8. The highest BCUT2D eigenvalue weighted by molar-refractivity contribution is 6.31. The van der Waals surface area contributed by atoms with Crippen molar-refractivity contribution in [2.24, 2.45) is 0 Å². The first-order chi connectivity index (χ1) is 11.0. The van der Waals surface area contributed by atoms with Gasteiger partial charge in [-0.15, -0.1) is 22.6 Å². The molecule has 1 aliphatic carbocycles. The van der Waals surface area contributed by atoms with Crippen LogP contribution < -0.4 is 11.1 Å². The second kappa shape index (κ2) is 6.94. The van der Waals surface area contributed by atoms with Gasteiger partial charge in [-0.25, -0.2) is 0 Å². The summed E-state index contributed by atoms with van der Waals surface area (Å²) >= 11 is 0. The number of anilines is 2. The van der Waals surface area contributed by atoms with Crippen LogP contribution >= 0.6 is 12.4 Å². The number of fused-ring (bicyclic) bond motifs is 2. The van der Waals surface area contributed by atoms with Crippen LogP contribution in [0.4, 0.5) is 11.6 Å². The van der Waals surface area contributed by atoms with Crippen molar-refractivity contribution in [1.82, 2.24) is 15.1 Å². The van der Waals surface area contributed by atoms with Crippen LogP contribution in [0.2, 0.25) is 0 Å². The zero-order chi connectivity index (χ0) is 16.6. The molecule has 1 aromatic carbocycles. The van der Waals surface area contributed by atoms with E-state index in [2.05, 4.69) is 15.5 Å². The molecule has 0 radical (unpaired) electrons. The summed E-state index contributed by atoms with van der Waals surface area (Å²) in [5.74, 6) is -0.280. The number of carbonyl (C=O) groups is 2. The first kappa shape index (κ1) is 17.8. The summed E-state index contributed by atoms with van der Waals surface area (Å²) < 4.78 is 0. The lowest BCUT2D eigenvalue weighted by Crippen LogP contribution is -2.27. The molecule has 24 heavy (non-hydrogen) atoms. The first-order valence-corrected chi connectivity index (χ1v) is 7.24. The molecule has 0 fully saturated rings. The molecular formula is C16H18ClN5O2. The highest BCUT2D eigenvalue weighted by atomic mass is 35.5. The van der Waals surface area contributed by atoms with E-state index < -0.39 is 0 Å². The van der Waals surface area contributed by atoms with Crippen molar-refractivity contribution in [2.45, 2.75) is 0 Å². The number of hydrogen-bond donors (Lipinski definition) is 2. The number of nitrogens with zero attached hydrogens (tertiary/aromatic N) is 3. The topological polar surface area (TPSA) is 101 Å². The highest BCUT2D eigenvalue weighted by Crippen LogP contribution is 2.32. The quantitative estimate of drug-likeness (QED) is 0.731. The number of halogens is 1. The molecule has 2 aromatic rings. The predicted molar refractivity (Wildman–Crippen MR) is 94.0 cm³/mol. The summed E-state index contributed by atoms with van der Waals surface area (Å²) in [4.78, 5) is 27.5. The number of carbonyl (C=O) groups excluding carboxylic acids is 2. The highest BCUT2D eigenvalue weighted by Gasteiger charge is 2.34. The molecule has 1 heterocycles. The van der Waals surface area contributed by atoms with E-state index in [0.717, 1.165) is 6.54 Å². The van der Waals surface area contributed by atoms with Crippen molar-refractivity contribution in [1.29, 1.82) is 0 Å². The number of nitrogen functional groups attached to an aromatic ring is 1. The number of rotatable bonds is 4. The molecular weight excluding hydrogens is 330 g/mol. The van der Waals surface area contributed by atoms with Crippen LogP contribution in [-0.2, 0) is 0 Å². The predicted octanol–water partition coefficient (Wildman–Crippen LogP) is 1.23. The van der Waals surface area contributed by atoms with Gasteiger partial charge in [0.15, 0.2) is 23.2 Å². The molecule has 3 rings (SSSR count). The Morgan fingerprint density at radius 1 is 1.04 bits per heavy atom. The van der Waals surface area contributed by atoms with Crippen molar-refractivity contribution in [3.63, 3.8) is 0 Å². The van der Waals surface area contributed by atoms with Gasteiger partial charge in [-0.3, -0.25) is 9.59 Å². The van der Waals surface area contributed by atoms with Gasteiger partial charge in [-0.2, -0.15) is 0 Å². The Morgan fingerprint density at radius 2 is 1.62 bits per heavy atom. The largest absolute Gasteiger partial charge is 0.382 e. The standard InChI is InChI=1S/C16H17N5O2.ClH/c1-21(2)8-7-18-16-12-11(15(17)19-20-16)13(22)9-5-3-4-6-10(9)14(12)23;/h3-6H,7-8H2,1-2H3,(H2,17,19)(H,18,20);1H. The Labute approximate surface area is 145 Å². The van der Waals surface area contributed by atoms with Gasteiger partial charge in [0.05, 0.1) is 11.1 Å². The van der Waals surface area contributed by atoms with Crippen molar-refractivity contribution in [3.8, 4) is 0 Å². The third kappa shape index (κ3) is 2.95. The summed E-state index contributed by atoms with van der Waals surface area (Å²) in [7, 11) is 3.88. The number of aromatic nitrogens is 2. The smallest absolute Gasteiger partial charge is 0.198 e. The SMILES string of the molecule is CN(C)CCNc1nnc(N)c2c1C(=O)c1ccccc1C2=O.Cl. The third-order valence-corrected chi connectivity index (χ3v) is 3.72. The summed E-state index contributed by atoms with van der Waals surface area (Å²) in [5, 5.41) is 10.9. The van der Waals surface area contributed by atoms with Gasteiger partial charge in [0.2, 0.25) is 0 Å². The lowest BCUT2D eigenvalue weighted by Gasteiger charge is -2.20. The fourth-order valence-electron chi connectivity index (χ4n) is 2.57. The number of likely N-dealkylation sites (N-methyl/N-ethyl adjacent to an activating group) is 1. The van der Waals surface area contributed by atoms with Gasteiger partial charge >= 0.3 is 0 Å². The fourth-order valence-corrected chi connectivity index (χ4v) is 2.57. The van der Waals surface area contributed by atoms with Crippen molar-refractivity contribution in [3.05, 3.63) is 46.5 Å². The zero-order valence-corrected chi connectivity index (χ0v) is 14.2. The van der Waals surface area contributed by atoms with Crippen LogP contribution in [0.5, 0.6) is 0 Å². The monoisotopic (exact) mass is 347 g/mol. The summed E-state index contributed by atoms with van der Waals surface area (Å²) in [6.07, 6.45) is 0. The van der Waals surface area contributed by atoms with Gasteiger partial charge in [0.1, 0.15) is 0 Å². The Balaban J connectivity index is 0.00000208. The Bertz CT molecular complexity index is 807. The van der Waals surface area contributed by atoms with Gasteiger partial charge < -0.3 is 16.0 Å². The fraction of sp³-hybridized carbons (Fsp3) is 0.250. The minimum Gasteiger partial charge on any atom is -0.382 e. The zero-order valence-electron chi connectivity index (χ0n) is 13.4. The van der Waals surface area contributed by atoms with Crippen LogP contribution in [0.15, 0.2) is 24.3 Å². The molecule has 1 aliphatic rings. The maximum atomic E-state index is 12.8. The van der Waals surface area contributed by atoms with E-state index in [4.69, 9.17) is 5.73 Å². The molecule has 0 spiro atoms. The van der Waals surface area contributed by atoms with E-state index in [0.29, 0.717) is 23.5 Å². The average Bonchev–Trinajstić information content (AvgIpc) is 2.53. The normalized spacial score (nSPS) is 12.5. The summed E-state index contributed by atoms with van der Waals surface area (Å²) in [6, 6.07) is 6.71. The van der Waals surface area contributed by atoms with Crippen molar-refractivity contribution >= 4 is 35.6 Å². The molecule has 126 valence electrons. The number of nitrogens with two attached hydrogens (primary N) is 1. The summed E-state index contributed by atoms with van der Waals surface area (Å²) in [5.41, 5.74) is 6.88. The lowest BCUT2D eigenvalue weighted by molar-refractivity contribution is 0.0979. The van der Waals surface area contributed by atoms with E-state index in [-0.39, 0.29) is 40.9 Å². The average molecular weight is 348 g/mol. The lowest BCUT2D eigenvalue weighted by atomic mass is 9.84. The second-order valence-corrected chi connectivity index (χ2v) is 5.62. The van der Waals surface area contributed by atoms with Crippen LogP contribution in [0.3, 0.4) is 0 Å².